The average Bonchev–Trinajstić information content (AvgIpc) is 3.30. The van der Waals surface area contributed by atoms with Crippen molar-refractivity contribution in [3.63, 3.8) is 0 Å². The van der Waals surface area contributed by atoms with Crippen LogP contribution in [0.1, 0.15) is 32.4 Å². The number of imidazole rings is 1. The molecule has 1 amide bonds. The predicted molar refractivity (Wildman–Crippen MR) is 93.0 cm³/mol. The molecule has 0 atom stereocenters. The van der Waals surface area contributed by atoms with Crippen LogP contribution in [0.15, 0.2) is 36.4 Å². The van der Waals surface area contributed by atoms with Crippen LogP contribution in [-0.4, -0.2) is 30.9 Å². The number of hydrogen-bond acceptors (Lipinski definition) is 5. The number of benzene rings is 1. The van der Waals surface area contributed by atoms with Gasteiger partial charge in [-0.1, -0.05) is 30.3 Å². The van der Waals surface area contributed by atoms with Crippen LogP contribution >= 0.6 is 11.5 Å². The van der Waals surface area contributed by atoms with Gasteiger partial charge in [0.2, 0.25) is 0 Å². The number of amides is 1. The van der Waals surface area contributed by atoms with Crippen LogP contribution in [0.2, 0.25) is 0 Å². The Bertz CT molecular complexity index is 962. The van der Waals surface area contributed by atoms with Crippen molar-refractivity contribution in [2.75, 3.05) is 5.32 Å². The first-order valence-electron chi connectivity index (χ1n) is 7.79. The Morgan fingerprint density at radius 2 is 2.04 bits per heavy atom. The summed E-state index contributed by atoms with van der Waals surface area (Å²) >= 11 is 1.07. The normalized spacial score (nSPS) is 12.8. The highest BCUT2D eigenvalue weighted by atomic mass is 32.1. The second kappa shape index (κ2) is 6.14. The zero-order chi connectivity index (χ0) is 17.4. The van der Waals surface area contributed by atoms with Crippen LogP contribution in [0, 0.1) is 0 Å². The zero-order valence-electron chi connectivity index (χ0n) is 13.1. The van der Waals surface area contributed by atoms with Gasteiger partial charge in [-0.25, -0.2) is 9.78 Å². The van der Waals surface area contributed by atoms with Gasteiger partial charge < -0.3 is 15.0 Å². The molecule has 0 bridgehead atoms. The molecule has 1 aliphatic heterocycles. The third-order valence-electron chi connectivity index (χ3n) is 4.07. The lowest BCUT2D eigenvalue weighted by molar-refractivity contribution is 0.0686. The van der Waals surface area contributed by atoms with Crippen molar-refractivity contribution in [3.8, 4) is 11.3 Å². The smallest absolute Gasteiger partial charge is 0.356 e. The van der Waals surface area contributed by atoms with Crippen LogP contribution in [0.3, 0.4) is 0 Å². The van der Waals surface area contributed by atoms with Gasteiger partial charge in [-0.05, 0) is 24.0 Å². The van der Waals surface area contributed by atoms with Gasteiger partial charge in [0.15, 0.2) is 11.5 Å². The van der Waals surface area contributed by atoms with Crippen molar-refractivity contribution in [2.45, 2.75) is 19.4 Å². The number of aromatic nitrogens is 3. The molecule has 0 saturated heterocycles. The van der Waals surface area contributed by atoms with E-state index in [0.717, 1.165) is 29.9 Å². The van der Waals surface area contributed by atoms with Gasteiger partial charge in [0.05, 0.1) is 5.69 Å². The lowest BCUT2D eigenvalue weighted by atomic mass is 10.1. The average molecular weight is 354 g/mol. The molecule has 1 aliphatic rings. The molecular weight excluding hydrogens is 340 g/mol. The maximum atomic E-state index is 12.5. The Labute approximate surface area is 147 Å². The Morgan fingerprint density at radius 1 is 1.24 bits per heavy atom. The summed E-state index contributed by atoms with van der Waals surface area (Å²) in [5.41, 5.74) is 1.67. The standard InChI is InChI=1S/C17H14N4O3S/c22-16(12-9-11(20-25-12)10-5-2-1-3-6-10)19-15-14(17(23)24)21-8-4-7-13(21)18-15/h1-3,5-6,9H,4,7-8H2,(H,19,22)(H,23,24). The van der Waals surface area contributed by atoms with E-state index in [2.05, 4.69) is 14.7 Å². The summed E-state index contributed by atoms with van der Waals surface area (Å²) in [6.45, 7) is 0.610. The lowest BCUT2D eigenvalue weighted by Crippen LogP contribution is -2.15. The van der Waals surface area contributed by atoms with Gasteiger partial charge in [-0.2, -0.15) is 4.37 Å². The van der Waals surface area contributed by atoms with E-state index in [1.54, 1.807) is 10.6 Å². The number of nitrogens with zero attached hydrogens (tertiary/aromatic N) is 3. The molecule has 1 aromatic carbocycles. The highest BCUT2D eigenvalue weighted by molar-refractivity contribution is 7.08. The van der Waals surface area contributed by atoms with Crippen molar-refractivity contribution in [3.05, 3.63) is 52.8 Å². The number of anilines is 1. The maximum Gasteiger partial charge on any atom is 0.356 e. The van der Waals surface area contributed by atoms with E-state index < -0.39 is 11.9 Å². The van der Waals surface area contributed by atoms with Crippen LogP contribution in [0.25, 0.3) is 11.3 Å². The summed E-state index contributed by atoms with van der Waals surface area (Å²) < 4.78 is 5.95. The fourth-order valence-corrected chi connectivity index (χ4v) is 3.58. The van der Waals surface area contributed by atoms with Gasteiger partial charge in [-0.15, -0.1) is 0 Å². The number of carboxylic acid groups (broad SMARTS) is 1. The molecule has 0 fully saturated rings. The van der Waals surface area contributed by atoms with E-state index in [9.17, 15) is 14.7 Å². The van der Waals surface area contributed by atoms with Gasteiger partial charge in [0.1, 0.15) is 10.7 Å². The molecule has 2 N–H and O–H groups in total. The molecule has 0 unspecified atom stereocenters. The van der Waals surface area contributed by atoms with E-state index >= 15 is 0 Å². The molecule has 3 heterocycles. The van der Waals surface area contributed by atoms with Crippen LogP contribution in [0.5, 0.6) is 0 Å². The maximum absolute atomic E-state index is 12.5. The molecule has 8 heteroatoms. The summed E-state index contributed by atoms with van der Waals surface area (Å²) in [5.74, 6) is -0.701. The number of rotatable bonds is 4. The summed E-state index contributed by atoms with van der Waals surface area (Å²) in [7, 11) is 0. The molecule has 126 valence electrons. The van der Waals surface area contributed by atoms with Gasteiger partial charge >= 0.3 is 5.97 Å². The molecule has 25 heavy (non-hydrogen) atoms. The van der Waals surface area contributed by atoms with Crippen LogP contribution in [-0.2, 0) is 13.0 Å². The summed E-state index contributed by atoms with van der Waals surface area (Å²) in [6, 6.07) is 11.2. The third kappa shape index (κ3) is 2.80. The number of hydrogen-bond donors (Lipinski definition) is 2. The molecule has 4 rings (SSSR count). The van der Waals surface area contributed by atoms with E-state index in [0.29, 0.717) is 22.9 Å². The minimum atomic E-state index is -1.09. The van der Waals surface area contributed by atoms with Crippen LogP contribution in [0.4, 0.5) is 5.82 Å². The lowest BCUT2D eigenvalue weighted by Gasteiger charge is -2.03. The third-order valence-corrected chi connectivity index (χ3v) is 4.85. The second-order valence-electron chi connectivity index (χ2n) is 5.68. The number of aromatic carboxylic acids is 1. The number of carbonyl (C=O) groups is 2. The summed E-state index contributed by atoms with van der Waals surface area (Å²) in [4.78, 5) is 28.7. The highest BCUT2D eigenvalue weighted by Crippen LogP contribution is 2.26. The van der Waals surface area contributed by atoms with Crippen molar-refractivity contribution in [2.24, 2.45) is 0 Å². The Balaban J connectivity index is 1.59. The minimum absolute atomic E-state index is 0.0358. The molecular formula is C17H14N4O3S. The highest BCUT2D eigenvalue weighted by Gasteiger charge is 2.27. The monoisotopic (exact) mass is 354 g/mol. The quantitative estimate of drug-likeness (QED) is 0.751. The van der Waals surface area contributed by atoms with E-state index in [-0.39, 0.29) is 11.5 Å². The zero-order valence-corrected chi connectivity index (χ0v) is 13.9. The molecule has 3 aromatic rings. The summed E-state index contributed by atoms with van der Waals surface area (Å²) in [5, 5.41) is 12.1. The first kappa shape index (κ1) is 15.5. The molecule has 0 spiro atoms. The topological polar surface area (TPSA) is 97.1 Å². The van der Waals surface area contributed by atoms with E-state index in [1.165, 1.54) is 0 Å². The van der Waals surface area contributed by atoms with Gasteiger partial charge in [0.25, 0.3) is 5.91 Å². The fourth-order valence-electron chi connectivity index (χ4n) is 2.93. The van der Waals surface area contributed by atoms with Crippen molar-refractivity contribution < 1.29 is 14.7 Å². The second-order valence-corrected chi connectivity index (χ2v) is 6.49. The SMILES string of the molecule is O=C(Nc1nc2n(c1C(=O)O)CCC2)c1cc(-c2ccccc2)ns1. The summed E-state index contributed by atoms with van der Waals surface area (Å²) in [6.07, 6.45) is 1.58. The first-order chi connectivity index (χ1) is 12.1. The van der Waals surface area contributed by atoms with Crippen molar-refractivity contribution in [1.29, 1.82) is 0 Å². The Morgan fingerprint density at radius 3 is 2.80 bits per heavy atom. The number of carboxylic acids is 1. The minimum Gasteiger partial charge on any atom is -0.476 e. The van der Waals surface area contributed by atoms with Crippen molar-refractivity contribution >= 4 is 29.2 Å². The predicted octanol–water partition coefficient (Wildman–Crippen LogP) is 2.90. The fraction of sp³-hybridized carbons (Fsp3) is 0.176. The molecule has 0 radical (unpaired) electrons. The van der Waals surface area contributed by atoms with E-state index in [1.807, 2.05) is 30.3 Å². The van der Waals surface area contributed by atoms with Crippen LogP contribution < -0.4 is 5.32 Å². The first-order valence-corrected chi connectivity index (χ1v) is 8.57. The molecule has 2 aromatic heterocycles. The molecule has 0 aliphatic carbocycles. The molecule has 0 saturated carbocycles. The van der Waals surface area contributed by atoms with Gasteiger partial charge in [0, 0.05) is 18.5 Å². The Kier molecular flexibility index (Phi) is 3.81. The number of nitrogens with one attached hydrogen (secondary N) is 1. The number of carbonyl (C=O) groups excluding carboxylic acids is 1. The van der Waals surface area contributed by atoms with Gasteiger partial charge in [-0.3, -0.25) is 4.79 Å². The Hall–Kier alpha value is -3.00. The largest absolute Gasteiger partial charge is 0.476 e. The molecule has 7 nitrogen and oxygen atoms in total. The number of fused-ring (bicyclic) bond motifs is 1. The van der Waals surface area contributed by atoms with E-state index in [4.69, 9.17) is 0 Å². The number of aryl methyl sites for hydroxylation is 1. The van der Waals surface area contributed by atoms with Crippen molar-refractivity contribution in [1.82, 2.24) is 13.9 Å².